The molecular formula is C44H48N4. The molecule has 0 saturated carbocycles. The van der Waals surface area contributed by atoms with E-state index in [-0.39, 0.29) is 17.4 Å². The van der Waals surface area contributed by atoms with Crippen molar-refractivity contribution < 1.29 is 0 Å². The minimum Gasteiger partial charge on any atom is -0.331 e. The van der Waals surface area contributed by atoms with Gasteiger partial charge >= 0.3 is 0 Å². The molecule has 3 aromatic carbocycles. The second-order valence-electron chi connectivity index (χ2n) is 12.5. The molecule has 244 valence electrons. The van der Waals surface area contributed by atoms with Crippen molar-refractivity contribution in [2.75, 3.05) is 11.4 Å². The predicted octanol–water partition coefficient (Wildman–Crippen LogP) is 10.8. The standard InChI is InChI=1S/C33H34N2.C11H14N2/c1-8-12-26-16-18-30-31(19-17-27-15-14-25(7)32(26)33(27)30)35(28(11-4)21-24(6)22-34)29(13-9-2)20-23(5)10-3;1-4-5-9(7-12)6-10-11(2,3)8-13-10/h8-21,24,29H,3-4,7H2,1-2,5-6H3;4-6H,8H2,1-3H3/b12-8-,13-9?,23-20-,28-21+;5-4-,9-6+. The van der Waals surface area contributed by atoms with Crippen molar-refractivity contribution in [1.82, 2.24) is 0 Å². The summed E-state index contributed by atoms with van der Waals surface area (Å²) in [5.41, 5.74) is 6.02. The molecule has 1 aliphatic heterocycles. The van der Waals surface area contributed by atoms with Gasteiger partial charge < -0.3 is 4.90 Å². The van der Waals surface area contributed by atoms with Crippen LogP contribution in [-0.2, 0) is 0 Å². The van der Waals surface area contributed by atoms with Crippen molar-refractivity contribution in [3.63, 3.8) is 0 Å². The van der Waals surface area contributed by atoms with Crippen molar-refractivity contribution in [2.24, 2.45) is 16.3 Å². The summed E-state index contributed by atoms with van der Waals surface area (Å²) < 4.78 is 0. The summed E-state index contributed by atoms with van der Waals surface area (Å²) in [7, 11) is 0. The maximum atomic E-state index is 9.54. The minimum atomic E-state index is -0.259. The summed E-state index contributed by atoms with van der Waals surface area (Å²) in [6.45, 7) is 27.4. The Kier molecular flexibility index (Phi) is 13.0. The second kappa shape index (κ2) is 16.9. The van der Waals surface area contributed by atoms with E-state index in [0.29, 0.717) is 5.57 Å². The molecule has 4 heteroatoms. The number of allylic oxidation sites excluding steroid dienone is 10. The van der Waals surface area contributed by atoms with Gasteiger partial charge in [-0.2, -0.15) is 10.5 Å². The summed E-state index contributed by atoms with van der Waals surface area (Å²) in [6.07, 6.45) is 21.8. The maximum Gasteiger partial charge on any atom is 0.0992 e. The largest absolute Gasteiger partial charge is 0.331 e. The molecule has 0 amide bonds. The minimum absolute atomic E-state index is 0.0949. The van der Waals surface area contributed by atoms with Gasteiger partial charge in [0, 0.05) is 34.4 Å². The molecule has 1 aliphatic rings. The van der Waals surface area contributed by atoms with E-state index < -0.39 is 0 Å². The Morgan fingerprint density at radius 1 is 0.958 bits per heavy atom. The molecule has 0 fully saturated rings. The van der Waals surface area contributed by atoms with Crippen LogP contribution in [0.3, 0.4) is 0 Å². The summed E-state index contributed by atoms with van der Waals surface area (Å²) in [5.74, 6) is -0.259. The third-order valence-corrected chi connectivity index (χ3v) is 8.27. The lowest BCUT2D eigenvalue weighted by atomic mass is 9.81. The van der Waals surface area contributed by atoms with Crippen molar-refractivity contribution in [2.45, 2.75) is 54.5 Å². The van der Waals surface area contributed by atoms with Gasteiger partial charge in [0.15, 0.2) is 0 Å². The van der Waals surface area contributed by atoms with Gasteiger partial charge in [-0.3, -0.25) is 4.99 Å². The monoisotopic (exact) mass is 632 g/mol. The number of hydrogen-bond donors (Lipinski definition) is 0. The first-order valence-electron chi connectivity index (χ1n) is 16.4. The highest BCUT2D eigenvalue weighted by Crippen LogP contribution is 2.38. The Bertz CT molecular complexity index is 2010. The van der Waals surface area contributed by atoms with Crippen LogP contribution < -0.4 is 10.1 Å². The van der Waals surface area contributed by atoms with Gasteiger partial charge in [-0.05, 0) is 91.9 Å². The third kappa shape index (κ3) is 8.47. The molecule has 2 unspecified atom stereocenters. The van der Waals surface area contributed by atoms with Crippen LogP contribution in [0, 0.1) is 34.0 Å². The molecule has 4 nitrogen and oxygen atoms in total. The van der Waals surface area contributed by atoms with E-state index in [4.69, 9.17) is 5.26 Å². The summed E-state index contributed by atoms with van der Waals surface area (Å²) in [4.78, 5) is 6.50. The van der Waals surface area contributed by atoms with E-state index in [2.05, 4.69) is 122 Å². The molecule has 0 bridgehead atoms. The summed E-state index contributed by atoms with van der Waals surface area (Å²) in [6, 6.07) is 17.3. The van der Waals surface area contributed by atoms with E-state index in [1.165, 1.54) is 10.8 Å². The number of benzene rings is 3. The van der Waals surface area contributed by atoms with Gasteiger partial charge in [-0.1, -0.05) is 112 Å². The Morgan fingerprint density at radius 3 is 2.23 bits per heavy atom. The molecule has 0 radical (unpaired) electrons. The Balaban J connectivity index is 0.000000402. The molecule has 0 spiro atoms. The topological polar surface area (TPSA) is 63.2 Å². The zero-order valence-corrected chi connectivity index (χ0v) is 29.6. The Morgan fingerprint density at radius 2 is 1.69 bits per heavy atom. The van der Waals surface area contributed by atoms with E-state index in [1.807, 2.05) is 65.0 Å². The quantitative estimate of drug-likeness (QED) is 0.120. The van der Waals surface area contributed by atoms with Crippen molar-refractivity contribution in [3.8, 4) is 12.1 Å². The molecule has 48 heavy (non-hydrogen) atoms. The number of anilines is 1. The zero-order chi connectivity index (χ0) is 35.4. The maximum absolute atomic E-state index is 9.54. The fraction of sp³-hybridized carbons (Fsp3) is 0.250. The highest BCUT2D eigenvalue weighted by atomic mass is 15.2. The third-order valence-electron chi connectivity index (χ3n) is 8.27. The first-order chi connectivity index (χ1) is 23.0. The highest BCUT2D eigenvalue weighted by molar-refractivity contribution is 6.17. The number of nitrogens with zero attached hydrogens (tertiary/aromatic N) is 4. The van der Waals surface area contributed by atoms with Gasteiger partial charge in [-0.15, -0.1) is 0 Å². The number of rotatable bonds is 11. The fourth-order valence-corrected chi connectivity index (χ4v) is 5.70. The highest BCUT2D eigenvalue weighted by Gasteiger charge is 2.30. The van der Waals surface area contributed by atoms with Crippen molar-refractivity contribution in [3.05, 3.63) is 138 Å². The molecule has 0 aliphatic carbocycles. The van der Waals surface area contributed by atoms with Crippen LogP contribution in [-0.4, -0.2) is 18.3 Å². The lowest BCUT2D eigenvalue weighted by Crippen LogP contribution is -2.35. The number of aliphatic imine (C=N–C) groups is 1. The van der Waals surface area contributed by atoms with Gasteiger partial charge in [0.2, 0.25) is 0 Å². The molecule has 0 N–H and O–H groups in total. The van der Waals surface area contributed by atoms with Gasteiger partial charge in [0.1, 0.15) is 0 Å². The number of nitriles is 2. The average Bonchev–Trinajstić information content (AvgIpc) is 3.08. The van der Waals surface area contributed by atoms with Crippen LogP contribution in [0.25, 0.3) is 34.2 Å². The van der Waals surface area contributed by atoms with E-state index in [0.717, 1.165) is 50.8 Å². The first-order valence-corrected chi connectivity index (χ1v) is 16.4. The van der Waals surface area contributed by atoms with Crippen LogP contribution in [0.1, 0.15) is 54.0 Å². The molecule has 4 rings (SSSR count). The normalized spacial score (nSPS) is 16.2. The summed E-state index contributed by atoms with van der Waals surface area (Å²) in [5, 5.41) is 24.0. The van der Waals surface area contributed by atoms with Crippen LogP contribution in [0.15, 0.2) is 132 Å². The molecule has 3 aromatic rings. The SMILES string of the molecule is C/C=C\C(C#N)=C/C1=NCC1(C)C.C=C/C(C)=C\C(C=CC)N(/C(C=C)=C/C(C)C#N)c1ccc2ccc(=C)c3c(/C=C\C)ccc1c23. The second-order valence-corrected chi connectivity index (χ2v) is 12.5. The number of hydrogen-bond acceptors (Lipinski definition) is 4. The van der Waals surface area contributed by atoms with E-state index in [1.54, 1.807) is 6.08 Å². The van der Waals surface area contributed by atoms with E-state index >= 15 is 0 Å². The van der Waals surface area contributed by atoms with Gasteiger partial charge in [-0.25, -0.2) is 0 Å². The molecule has 2 atom stereocenters. The smallest absolute Gasteiger partial charge is 0.0992 e. The Labute approximate surface area is 287 Å². The van der Waals surface area contributed by atoms with Gasteiger partial charge in [0.25, 0.3) is 0 Å². The van der Waals surface area contributed by atoms with Crippen LogP contribution >= 0.6 is 0 Å². The Hall–Kier alpha value is -5.45. The zero-order valence-electron chi connectivity index (χ0n) is 29.6. The van der Waals surface area contributed by atoms with Gasteiger partial charge in [0.05, 0.1) is 29.7 Å². The van der Waals surface area contributed by atoms with E-state index in [9.17, 15) is 5.26 Å². The average molecular weight is 633 g/mol. The van der Waals surface area contributed by atoms with Crippen LogP contribution in [0.2, 0.25) is 0 Å². The summed E-state index contributed by atoms with van der Waals surface area (Å²) >= 11 is 0. The first kappa shape index (κ1) is 37.0. The molecule has 0 saturated heterocycles. The predicted molar refractivity (Wildman–Crippen MR) is 210 cm³/mol. The molecular weight excluding hydrogens is 585 g/mol. The fourth-order valence-electron chi connectivity index (χ4n) is 5.70. The van der Waals surface area contributed by atoms with Crippen LogP contribution in [0.5, 0.6) is 0 Å². The van der Waals surface area contributed by atoms with Crippen molar-refractivity contribution in [1.29, 1.82) is 10.5 Å². The van der Waals surface area contributed by atoms with Crippen molar-refractivity contribution >= 4 is 45.6 Å². The lowest BCUT2D eigenvalue weighted by molar-refractivity contribution is 0.489. The lowest BCUT2D eigenvalue weighted by Gasteiger charge is -2.33. The van der Waals surface area contributed by atoms with Crippen LogP contribution in [0.4, 0.5) is 5.69 Å². The molecule has 0 aromatic heterocycles. The molecule has 1 heterocycles.